The molecule has 8 nitrogen and oxygen atoms in total. The Morgan fingerprint density at radius 1 is 0.909 bits per heavy atom. The molecule has 0 aliphatic heterocycles. The third-order valence-corrected chi connectivity index (χ3v) is 5.91. The first-order chi connectivity index (χ1) is 16.0. The molecule has 3 aromatic rings. The van der Waals surface area contributed by atoms with Gasteiger partial charge < -0.3 is 25.5 Å². The number of carbonyl (C=O) groups excluding carboxylic acids is 2. The third kappa shape index (κ3) is 5.71. The van der Waals surface area contributed by atoms with E-state index in [-0.39, 0.29) is 23.8 Å². The Bertz CT molecular complexity index is 1100. The second kappa shape index (κ2) is 10.2. The molecule has 0 radical (unpaired) electrons. The van der Waals surface area contributed by atoms with Crippen LogP contribution in [0.5, 0.6) is 5.75 Å². The number of aromatic nitrogens is 1. The maximum atomic E-state index is 12.4. The average Bonchev–Trinajstić information content (AvgIpc) is 3.27. The molecule has 0 unspecified atom stereocenters. The number of hydrogen-bond donors (Lipinski definition) is 4. The lowest BCUT2D eigenvalue weighted by Crippen LogP contribution is -2.34. The average molecular weight is 450 g/mol. The van der Waals surface area contributed by atoms with Crippen LogP contribution < -0.4 is 15.4 Å². The van der Waals surface area contributed by atoms with Crippen molar-refractivity contribution < 1.29 is 24.2 Å². The first kappa shape index (κ1) is 22.4. The second-order valence-electron chi connectivity index (χ2n) is 8.24. The summed E-state index contributed by atoms with van der Waals surface area (Å²) in [7, 11) is 0. The molecule has 0 spiro atoms. The molecule has 1 heterocycles. The number of nitrogens with one attached hydrogen (secondary N) is 3. The highest BCUT2D eigenvalue weighted by Crippen LogP contribution is 2.28. The number of H-pyrrole nitrogens is 1. The monoisotopic (exact) mass is 449 g/mol. The van der Waals surface area contributed by atoms with E-state index < -0.39 is 5.97 Å². The van der Waals surface area contributed by atoms with E-state index in [1.54, 1.807) is 30.3 Å². The summed E-state index contributed by atoms with van der Waals surface area (Å²) in [4.78, 5) is 38.8. The Balaban J connectivity index is 1.19. The number of fused-ring (bicyclic) bond motifs is 1. The lowest BCUT2D eigenvalue weighted by molar-refractivity contribution is -0.143. The summed E-state index contributed by atoms with van der Waals surface area (Å²) in [6.07, 6.45) is 2.67. The summed E-state index contributed by atoms with van der Waals surface area (Å²) in [5.74, 6) is -0.803. The molecule has 4 N–H and O–H groups in total. The van der Waals surface area contributed by atoms with Gasteiger partial charge in [0.15, 0.2) is 0 Å². The zero-order chi connectivity index (χ0) is 23.2. The van der Waals surface area contributed by atoms with Gasteiger partial charge in [0, 0.05) is 29.6 Å². The van der Waals surface area contributed by atoms with Gasteiger partial charge in [-0.2, -0.15) is 0 Å². The molecule has 172 valence electrons. The zero-order valence-corrected chi connectivity index (χ0v) is 18.2. The molecule has 1 aromatic heterocycles. The van der Waals surface area contributed by atoms with Crippen LogP contribution in [0.2, 0.25) is 0 Å². The van der Waals surface area contributed by atoms with Crippen LogP contribution >= 0.6 is 0 Å². The van der Waals surface area contributed by atoms with Crippen molar-refractivity contribution in [3.8, 4) is 5.75 Å². The Labute approximate surface area is 191 Å². The Morgan fingerprint density at radius 3 is 2.24 bits per heavy atom. The zero-order valence-electron chi connectivity index (χ0n) is 18.2. The van der Waals surface area contributed by atoms with Gasteiger partial charge in [0.1, 0.15) is 11.4 Å². The molecule has 1 saturated carbocycles. The molecule has 2 aromatic carbocycles. The summed E-state index contributed by atoms with van der Waals surface area (Å²) in [6, 6.07) is 16.3. The fourth-order valence-corrected chi connectivity index (χ4v) is 4.05. The minimum absolute atomic E-state index is 0.00107. The number of rotatable bonds is 8. The van der Waals surface area contributed by atoms with Gasteiger partial charge >= 0.3 is 5.97 Å². The molecule has 2 amide bonds. The molecule has 0 bridgehead atoms. The van der Waals surface area contributed by atoms with Crippen LogP contribution in [0.1, 0.15) is 46.5 Å². The van der Waals surface area contributed by atoms with Crippen LogP contribution in [0.15, 0.2) is 54.6 Å². The smallest absolute Gasteiger partial charge is 0.306 e. The lowest BCUT2D eigenvalue weighted by atomic mass is 9.87. The first-order valence-corrected chi connectivity index (χ1v) is 11.1. The summed E-state index contributed by atoms with van der Waals surface area (Å²) in [5.41, 5.74) is 1.88. The van der Waals surface area contributed by atoms with Crippen molar-refractivity contribution in [3.05, 3.63) is 65.9 Å². The quantitative estimate of drug-likeness (QED) is 0.393. The Kier molecular flexibility index (Phi) is 6.92. The van der Waals surface area contributed by atoms with Gasteiger partial charge in [-0.15, -0.1) is 0 Å². The molecule has 0 saturated heterocycles. The predicted molar refractivity (Wildman–Crippen MR) is 123 cm³/mol. The minimum Gasteiger partial charge on any atom is -0.490 e. The van der Waals surface area contributed by atoms with Gasteiger partial charge in [0.2, 0.25) is 0 Å². The molecule has 1 aliphatic carbocycles. The molecule has 0 atom stereocenters. The fourth-order valence-electron chi connectivity index (χ4n) is 4.05. The molecule has 4 rings (SSSR count). The Morgan fingerprint density at radius 2 is 1.58 bits per heavy atom. The van der Waals surface area contributed by atoms with E-state index >= 15 is 0 Å². The third-order valence-electron chi connectivity index (χ3n) is 5.91. The molecule has 8 heteroatoms. The number of benzene rings is 2. The van der Waals surface area contributed by atoms with Gasteiger partial charge in [0.05, 0.1) is 12.0 Å². The van der Waals surface area contributed by atoms with E-state index in [0.717, 1.165) is 10.9 Å². The van der Waals surface area contributed by atoms with Crippen LogP contribution in [-0.4, -0.2) is 47.1 Å². The largest absolute Gasteiger partial charge is 0.490 e. The SMILES string of the molecule is O=C(NCCNC(=O)c1cc2ccccc2[nH]1)c1ccc(OC2CCC(C(=O)O)CC2)cc1. The Hall–Kier alpha value is -3.81. The number of carbonyl (C=O) groups is 3. The minimum atomic E-state index is -0.735. The molecule has 33 heavy (non-hydrogen) atoms. The van der Waals surface area contributed by atoms with Crippen LogP contribution in [-0.2, 0) is 4.79 Å². The normalized spacial score (nSPS) is 17.9. The lowest BCUT2D eigenvalue weighted by Gasteiger charge is -2.26. The summed E-state index contributed by atoms with van der Waals surface area (Å²) in [5, 5.41) is 15.6. The van der Waals surface area contributed by atoms with Crippen molar-refractivity contribution in [2.24, 2.45) is 5.92 Å². The topological polar surface area (TPSA) is 121 Å². The van der Waals surface area contributed by atoms with Crippen molar-refractivity contribution in [1.29, 1.82) is 0 Å². The number of amides is 2. The maximum Gasteiger partial charge on any atom is 0.306 e. The van der Waals surface area contributed by atoms with E-state index in [2.05, 4.69) is 15.6 Å². The fraction of sp³-hybridized carbons (Fsp3) is 0.320. The highest BCUT2D eigenvalue weighted by molar-refractivity contribution is 5.98. The van der Waals surface area contributed by atoms with Crippen LogP contribution in [0, 0.1) is 5.92 Å². The molecular weight excluding hydrogens is 422 g/mol. The van der Waals surface area contributed by atoms with Gasteiger partial charge in [-0.25, -0.2) is 0 Å². The number of aromatic amines is 1. The van der Waals surface area contributed by atoms with Crippen molar-refractivity contribution in [2.75, 3.05) is 13.1 Å². The van der Waals surface area contributed by atoms with Crippen LogP contribution in [0.4, 0.5) is 0 Å². The summed E-state index contributed by atoms with van der Waals surface area (Å²) >= 11 is 0. The van der Waals surface area contributed by atoms with E-state index in [0.29, 0.717) is 55.8 Å². The summed E-state index contributed by atoms with van der Waals surface area (Å²) in [6.45, 7) is 0.607. The first-order valence-electron chi connectivity index (χ1n) is 11.1. The van der Waals surface area contributed by atoms with Crippen LogP contribution in [0.25, 0.3) is 10.9 Å². The maximum absolute atomic E-state index is 12.4. The molecule has 1 fully saturated rings. The number of carboxylic acid groups (broad SMARTS) is 1. The number of para-hydroxylation sites is 1. The van der Waals surface area contributed by atoms with Gasteiger partial charge in [0.25, 0.3) is 11.8 Å². The van der Waals surface area contributed by atoms with Crippen LogP contribution in [0.3, 0.4) is 0 Å². The molecule has 1 aliphatic rings. The number of carboxylic acids is 1. The van der Waals surface area contributed by atoms with E-state index in [9.17, 15) is 14.4 Å². The molecular formula is C25H27N3O5. The van der Waals surface area contributed by atoms with Gasteiger partial charge in [-0.1, -0.05) is 18.2 Å². The highest BCUT2D eigenvalue weighted by Gasteiger charge is 2.26. The standard InChI is InChI=1S/C25H27N3O5/c29-23(26-13-14-27-24(30)22-15-18-3-1-2-4-21(18)28-22)16-5-9-19(10-6-16)33-20-11-7-17(8-12-20)25(31)32/h1-6,9-10,15,17,20,28H,7-8,11-14H2,(H,26,29)(H,27,30)(H,31,32). The number of hydrogen-bond acceptors (Lipinski definition) is 4. The number of aliphatic carboxylic acids is 1. The van der Waals surface area contributed by atoms with Gasteiger partial charge in [-0.05, 0) is 62.1 Å². The summed E-state index contributed by atoms with van der Waals surface area (Å²) < 4.78 is 5.93. The van der Waals surface area contributed by atoms with E-state index in [1.165, 1.54) is 0 Å². The van der Waals surface area contributed by atoms with Crippen molar-refractivity contribution >= 4 is 28.7 Å². The highest BCUT2D eigenvalue weighted by atomic mass is 16.5. The van der Waals surface area contributed by atoms with Crippen molar-refractivity contribution in [1.82, 2.24) is 15.6 Å². The van der Waals surface area contributed by atoms with E-state index in [1.807, 2.05) is 24.3 Å². The number of ether oxygens (including phenoxy) is 1. The van der Waals surface area contributed by atoms with Crippen molar-refractivity contribution in [3.63, 3.8) is 0 Å². The van der Waals surface area contributed by atoms with Gasteiger partial charge in [-0.3, -0.25) is 14.4 Å². The van der Waals surface area contributed by atoms with E-state index in [4.69, 9.17) is 9.84 Å². The second-order valence-corrected chi connectivity index (χ2v) is 8.24. The van der Waals surface area contributed by atoms with Crippen molar-refractivity contribution in [2.45, 2.75) is 31.8 Å². The predicted octanol–water partition coefficient (Wildman–Crippen LogP) is 3.35.